The number of nitrogens with one attached hydrogen (secondary N) is 1. The van der Waals surface area contributed by atoms with Crippen LogP contribution in [0.2, 0.25) is 0 Å². The Kier molecular flexibility index (Phi) is 9.20. The minimum Gasteiger partial charge on any atom is -0.454 e. The minimum absolute atomic E-state index is 0.00640. The quantitative estimate of drug-likeness (QED) is 0.466. The van der Waals surface area contributed by atoms with Gasteiger partial charge in [0, 0.05) is 26.5 Å². The van der Waals surface area contributed by atoms with Gasteiger partial charge in [0.1, 0.15) is 12.6 Å². The lowest BCUT2D eigenvalue weighted by Crippen LogP contribution is -3.14. The molecule has 1 unspecified atom stereocenters. The van der Waals surface area contributed by atoms with Crippen molar-refractivity contribution in [2.75, 3.05) is 66.6 Å². The number of ether oxygens (including phenoxy) is 5. The van der Waals surface area contributed by atoms with E-state index in [4.69, 9.17) is 23.7 Å². The van der Waals surface area contributed by atoms with Crippen LogP contribution >= 0.6 is 0 Å². The topological polar surface area (TPSA) is 70.9 Å². The second-order valence-corrected chi connectivity index (χ2v) is 7.72. The Morgan fingerprint density at radius 3 is 2.80 bits per heavy atom. The number of likely N-dealkylation sites (tertiary alicyclic amines) is 1. The predicted octanol–water partition coefficient (Wildman–Crippen LogP) is 0.491. The van der Waals surface area contributed by atoms with Crippen molar-refractivity contribution >= 4 is 5.91 Å². The number of fused-ring (bicyclic) bond motifs is 1. The van der Waals surface area contributed by atoms with E-state index in [1.807, 2.05) is 23.1 Å². The van der Waals surface area contributed by atoms with Crippen LogP contribution < -0.4 is 14.4 Å². The van der Waals surface area contributed by atoms with E-state index in [0.29, 0.717) is 39.0 Å². The highest BCUT2D eigenvalue weighted by molar-refractivity contribution is 5.77. The molecule has 2 heterocycles. The summed E-state index contributed by atoms with van der Waals surface area (Å²) in [5.74, 6) is 1.50. The minimum atomic E-state index is 0.00640. The van der Waals surface area contributed by atoms with Crippen LogP contribution in [0, 0.1) is 0 Å². The van der Waals surface area contributed by atoms with Crippen molar-refractivity contribution in [1.29, 1.82) is 0 Å². The lowest BCUT2D eigenvalue weighted by atomic mass is 10.1. The van der Waals surface area contributed by atoms with E-state index >= 15 is 0 Å². The van der Waals surface area contributed by atoms with Crippen LogP contribution in [-0.2, 0) is 25.5 Å². The summed E-state index contributed by atoms with van der Waals surface area (Å²) in [5, 5.41) is 0. The van der Waals surface area contributed by atoms with Gasteiger partial charge in [0.2, 0.25) is 12.7 Å². The number of likely N-dealkylation sites (N-methyl/N-ethyl adjacent to an activating group) is 1. The number of carbonyl (C=O) groups is 1. The van der Waals surface area contributed by atoms with E-state index < -0.39 is 0 Å². The standard InChI is InChI=1S/C22H34N2O6/c1-3-23-8-4-5-19(23)15-24(22(25)16-28-12-11-27-10-9-26-2)14-18-6-7-20-21(13-18)30-17-29-20/h6-7,13,19H,3-5,8-12,14-17H2,1-2H3/p+1/t19-/m0/s1. The molecule has 168 valence electrons. The fraction of sp³-hybridized carbons (Fsp3) is 0.682. The molecule has 0 aliphatic carbocycles. The number of nitrogens with zero attached hydrogens (tertiary/aromatic N) is 1. The highest BCUT2D eigenvalue weighted by Gasteiger charge is 2.30. The molecule has 0 bridgehead atoms. The molecule has 0 saturated carbocycles. The molecule has 0 radical (unpaired) electrons. The first-order valence-corrected chi connectivity index (χ1v) is 10.9. The van der Waals surface area contributed by atoms with Gasteiger partial charge in [-0.2, -0.15) is 0 Å². The maximum atomic E-state index is 13.0. The lowest BCUT2D eigenvalue weighted by Gasteiger charge is -2.28. The van der Waals surface area contributed by atoms with Gasteiger partial charge in [-0.3, -0.25) is 4.79 Å². The number of rotatable bonds is 13. The van der Waals surface area contributed by atoms with E-state index in [-0.39, 0.29) is 19.3 Å². The molecule has 8 heteroatoms. The monoisotopic (exact) mass is 423 g/mol. The average Bonchev–Trinajstić information content (AvgIpc) is 3.41. The number of quaternary nitrogens is 1. The molecule has 1 aromatic carbocycles. The molecule has 2 aliphatic heterocycles. The van der Waals surface area contributed by atoms with E-state index in [9.17, 15) is 4.79 Å². The molecule has 1 amide bonds. The first kappa shape index (κ1) is 22.8. The predicted molar refractivity (Wildman–Crippen MR) is 111 cm³/mol. The van der Waals surface area contributed by atoms with Crippen LogP contribution in [-0.4, -0.2) is 83.4 Å². The third kappa shape index (κ3) is 6.57. The Hall–Kier alpha value is -1.87. The summed E-state index contributed by atoms with van der Waals surface area (Å²) in [6, 6.07) is 6.35. The van der Waals surface area contributed by atoms with Crippen molar-refractivity contribution in [2.45, 2.75) is 32.4 Å². The van der Waals surface area contributed by atoms with Crippen LogP contribution in [0.4, 0.5) is 0 Å². The Bertz CT molecular complexity index is 671. The molecule has 2 atom stereocenters. The largest absolute Gasteiger partial charge is 0.454 e. The maximum Gasteiger partial charge on any atom is 0.249 e. The summed E-state index contributed by atoms with van der Waals surface area (Å²) in [6.07, 6.45) is 2.37. The molecule has 1 saturated heterocycles. The van der Waals surface area contributed by atoms with Crippen molar-refractivity contribution in [2.24, 2.45) is 0 Å². The third-order valence-corrected chi connectivity index (χ3v) is 5.72. The van der Waals surface area contributed by atoms with Crippen LogP contribution in [0.25, 0.3) is 0 Å². The summed E-state index contributed by atoms with van der Waals surface area (Å²) in [6.45, 7) is 8.00. The summed E-state index contributed by atoms with van der Waals surface area (Å²) >= 11 is 0. The van der Waals surface area contributed by atoms with Crippen molar-refractivity contribution in [3.05, 3.63) is 23.8 Å². The molecule has 2 aliphatic rings. The number of hydrogen-bond donors (Lipinski definition) is 1. The Morgan fingerprint density at radius 2 is 1.97 bits per heavy atom. The molecule has 3 rings (SSSR count). The van der Waals surface area contributed by atoms with Crippen molar-refractivity contribution in [3.8, 4) is 11.5 Å². The first-order valence-electron chi connectivity index (χ1n) is 10.9. The van der Waals surface area contributed by atoms with Crippen molar-refractivity contribution < 1.29 is 33.4 Å². The highest BCUT2D eigenvalue weighted by atomic mass is 16.7. The van der Waals surface area contributed by atoms with E-state index in [1.54, 1.807) is 12.0 Å². The summed E-state index contributed by atoms with van der Waals surface area (Å²) in [4.78, 5) is 16.5. The number of benzene rings is 1. The fourth-order valence-electron chi connectivity index (χ4n) is 4.06. The molecular weight excluding hydrogens is 388 g/mol. The molecule has 0 spiro atoms. The normalized spacial score (nSPS) is 19.9. The van der Waals surface area contributed by atoms with E-state index in [2.05, 4.69) is 6.92 Å². The van der Waals surface area contributed by atoms with Gasteiger partial charge in [0.05, 0.1) is 46.1 Å². The smallest absolute Gasteiger partial charge is 0.249 e. The van der Waals surface area contributed by atoms with Crippen molar-refractivity contribution in [3.63, 3.8) is 0 Å². The Labute approximate surface area is 179 Å². The van der Waals surface area contributed by atoms with Gasteiger partial charge in [-0.15, -0.1) is 0 Å². The van der Waals surface area contributed by atoms with Gasteiger partial charge in [-0.1, -0.05) is 6.07 Å². The third-order valence-electron chi connectivity index (χ3n) is 5.72. The second-order valence-electron chi connectivity index (χ2n) is 7.72. The van der Waals surface area contributed by atoms with Crippen molar-refractivity contribution in [1.82, 2.24) is 4.90 Å². The lowest BCUT2D eigenvalue weighted by molar-refractivity contribution is -0.909. The van der Waals surface area contributed by atoms with E-state index in [1.165, 1.54) is 13.0 Å². The van der Waals surface area contributed by atoms with Crippen LogP contribution in [0.1, 0.15) is 25.3 Å². The zero-order chi connectivity index (χ0) is 21.2. The van der Waals surface area contributed by atoms with Gasteiger partial charge in [0.25, 0.3) is 0 Å². The van der Waals surface area contributed by atoms with E-state index in [0.717, 1.165) is 36.6 Å². The fourth-order valence-corrected chi connectivity index (χ4v) is 4.06. The zero-order valence-corrected chi connectivity index (χ0v) is 18.2. The van der Waals surface area contributed by atoms with Crippen LogP contribution in [0.3, 0.4) is 0 Å². The van der Waals surface area contributed by atoms with Gasteiger partial charge in [0.15, 0.2) is 11.5 Å². The first-order chi connectivity index (χ1) is 14.7. The molecule has 1 fully saturated rings. The number of carbonyl (C=O) groups excluding carboxylic acids is 1. The highest BCUT2D eigenvalue weighted by Crippen LogP contribution is 2.32. The number of methoxy groups -OCH3 is 1. The zero-order valence-electron chi connectivity index (χ0n) is 18.2. The van der Waals surface area contributed by atoms with Gasteiger partial charge < -0.3 is 33.5 Å². The summed E-state index contributed by atoms with van der Waals surface area (Å²) < 4.78 is 26.8. The van der Waals surface area contributed by atoms with Crippen LogP contribution in [0.5, 0.6) is 11.5 Å². The molecule has 1 N–H and O–H groups in total. The Morgan fingerprint density at radius 1 is 1.17 bits per heavy atom. The molecule has 1 aromatic rings. The average molecular weight is 424 g/mol. The maximum absolute atomic E-state index is 13.0. The molecule has 8 nitrogen and oxygen atoms in total. The second kappa shape index (κ2) is 12.1. The van der Waals surface area contributed by atoms with Crippen LogP contribution in [0.15, 0.2) is 18.2 Å². The summed E-state index contributed by atoms with van der Waals surface area (Å²) in [5.41, 5.74) is 1.03. The van der Waals surface area contributed by atoms with Gasteiger partial charge in [-0.05, 0) is 24.6 Å². The molecule has 30 heavy (non-hydrogen) atoms. The molecular formula is C22H35N2O6+. The Balaban J connectivity index is 1.55. The molecule has 0 aromatic heterocycles. The van der Waals surface area contributed by atoms with Gasteiger partial charge in [-0.25, -0.2) is 0 Å². The summed E-state index contributed by atoms with van der Waals surface area (Å²) in [7, 11) is 1.64. The number of amides is 1. The van der Waals surface area contributed by atoms with Gasteiger partial charge >= 0.3 is 0 Å². The number of hydrogen-bond acceptors (Lipinski definition) is 6. The SMILES string of the molecule is CC[NH+]1CCC[C@H]1CN(Cc1ccc2c(c1)OCO2)C(=O)COCCOCCOC.